The van der Waals surface area contributed by atoms with Crippen molar-refractivity contribution in [2.75, 3.05) is 0 Å². The van der Waals surface area contributed by atoms with E-state index in [0.717, 1.165) is 5.56 Å². The summed E-state index contributed by atoms with van der Waals surface area (Å²) in [6.45, 7) is 1.80. The molecule has 72 valence electrons. The van der Waals surface area contributed by atoms with Gasteiger partial charge in [0.25, 0.3) is 6.43 Å². The Bertz CT molecular complexity index is 315. The third-order valence-corrected chi connectivity index (χ3v) is 3.15. The van der Waals surface area contributed by atoms with Crippen LogP contribution >= 0.6 is 22.6 Å². The Morgan fingerprint density at radius 1 is 1.62 bits per heavy atom. The maximum atomic E-state index is 12.6. The summed E-state index contributed by atoms with van der Waals surface area (Å²) in [4.78, 5) is 3.87. The van der Waals surface area contributed by atoms with Crippen LogP contribution in [0.2, 0.25) is 0 Å². The first-order valence-electron chi connectivity index (χ1n) is 3.70. The number of pyridine rings is 1. The van der Waals surface area contributed by atoms with Crippen LogP contribution in [0.25, 0.3) is 0 Å². The van der Waals surface area contributed by atoms with Crippen LogP contribution in [0.4, 0.5) is 8.78 Å². The van der Waals surface area contributed by atoms with Crippen LogP contribution < -0.4 is 5.73 Å². The predicted octanol–water partition coefficient (Wildman–Crippen LogP) is 2.39. The molecule has 0 atom stereocenters. The highest BCUT2D eigenvalue weighted by molar-refractivity contribution is 14.1. The van der Waals surface area contributed by atoms with Gasteiger partial charge < -0.3 is 5.73 Å². The summed E-state index contributed by atoms with van der Waals surface area (Å²) in [6.07, 6.45) is -0.937. The van der Waals surface area contributed by atoms with E-state index in [9.17, 15) is 8.78 Å². The number of aromatic nitrogens is 1. The molecule has 0 unspecified atom stereocenters. The molecule has 0 amide bonds. The van der Waals surface area contributed by atoms with Crippen molar-refractivity contribution in [1.82, 2.24) is 4.98 Å². The van der Waals surface area contributed by atoms with Crippen molar-refractivity contribution in [1.29, 1.82) is 0 Å². The molecule has 0 aromatic carbocycles. The standard InChI is InChI=1S/C8H9F2IN2/c1-4-3-13-5(2-12)6(7(4)11)8(9)10/h3,8H,2,12H2,1H3. The molecular weight excluding hydrogens is 289 g/mol. The molecule has 0 aliphatic carbocycles. The monoisotopic (exact) mass is 298 g/mol. The molecule has 5 heteroatoms. The zero-order valence-corrected chi connectivity index (χ0v) is 9.18. The molecule has 0 saturated heterocycles. The lowest BCUT2D eigenvalue weighted by atomic mass is 10.1. The van der Waals surface area contributed by atoms with Crippen LogP contribution in [0, 0.1) is 10.5 Å². The average molecular weight is 298 g/mol. The number of rotatable bonds is 2. The van der Waals surface area contributed by atoms with Crippen molar-refractivity contribution in [3.05, 3.63) is 26.6 Å². The summed E-state index contributed by atoms with van der Waals surface area (Å²) in [5.41, 5.74) is 6.32. The van der Waals surface area contributed by atoms with Gasteiger partial charge in [-0.05, 0) is 35.1 Å². The highest BCUT2D eigenvalue weighted by atomic mass is 127. The number of nitrogens with zero attached hydrogens (tertiary/aromatic N) is 1. The largest absolute Gasteiger partial charge is 0.325 e. The van der Waals surface area contributed by atoms with Gasteiger partial charge in [0.2, 0.25) is 0 Å². The van der Waals surface area contributed by atoms with Crippen LogP contribution in [0.5, 0.6) is 0 Å². The minimum absolute atomic E-state index is 0.0249. The van der Waals surface area contributed by atoms with Gasteiger partial charge in [-0.1, -0.05) is 0 Å². The van der Waals surface area contributed by atoms with Crippen molar-refractivity contribution in [2.24, 2.45) is 5.73 Å². The van der Waals surface area contributed by atoms with Crippen molar-refractivity contribution < 1.29 is 8.78 Å². The first-order chi connectivity index (χ1) is 6.07. The number of hydrogen-bond acceptors (Lipinski definition) is 2. The van der Waals surface area contributed by atoms with E-state index >= 15 is 0 Å². The average Bonchev–Trinajstić information content (AvgIpc) is 2.08. The summed E-state index contributed by atoms with van der Waals surface area (Å²) in [6, 6.07) is 0. The molecule has 0 saturated carbocycles. The number of hydrogen-bond donors (Lipinski definition) is 1. The van der Waals surface area contributed by atoms with Gasteiger partial charge in [-0.3, -0.25) is 4.98 Å². The van der Waals surface area contributed by atoms with Gasteiger partial charge in [-0.25, -0.2) is 8.78 Å². The van der Waals surface area contributed by atoms with Gasteiger partial charge >= 0.3 is 0 Å². The fraction of sp³-hybridized carbons (Fsp3) is 0.375. The van der Waals surface area contributed by atoms with E-state index < -0.39 is 6.43 Å². The van der Waals surface area contributed by atoms with E-state index in [-0.39, 0.29) is 17.8 Å². The van der Waals surface area contributed by atoms with Crippen LogP contribution in [-0.4, -0.2) is 4.98 Å². The first-order valence-corrected chi connectivity index (χ1v) is 4.78. The lowest BCUT2D eigenvalue weighted by molar-refractivity contribution is 0.148. The quantitative estimate of drug-likeness (QED) is 0.852. The van der Waals surface area contributed by atoms with Gasteiger partial charge in [0.1, 0.15) is 0 Å². The fourth-order valence-corrected chi connectivity index (χ4v) is 1.71. The van der Waals surface area contributed by atoms with E-state index in [2.05, 4.69) is 4.98 Å². The smallest absolute Gasteiger partial charge is 0.266 e. The van der Waals surface area contributed by atoms with Crippen LogP contribution in [0.1, 0.15) is 23.2 Å². The van der Waals surface area contributed by atoms with Crippen molar-refractivity contribution in [3.63, 3.8) is 0 Å². The second-order valence-corrected chi connectivity index (χ2v) is 3.70. The van der Waals surface area contributed by atoms with E-state index in [0.29, 0.717) is 3.57 Å². The molecule has 1 heterocycles. The predicted molar refractivity (Wildman–Crippen MR) is 54.5 cm³/mol. The Morgan fingerprint density at radius 2 is 2.23 bits per heavy atom. The number of nitrogens with two attached hydrogens (primary N) is 1. The maximum Gasteiger partial charge on any atom is 0.266 e. The zero-order chi connectivity index (χ0) is 10.0. The molecule has 0 bridgehead atoms. The highest BCUT2D eigenvalue weighted by Crippen LogP contribution is 2.28. The molecule has 13 heavy (non-hydrogen) atoms. The lowest BCUT2D eigenvalue weighted by Gasteiger charge is -2.10. The normalized spacial score (nSPS) is 10.9. The highest BCUT2D eigenvalue weighted by Gasteiger charge is 2.18. The van der Waals surface area contributed by atoms with Crippen molar-refractivity contribution in [3.8, 4) is 0 Å². The van der Waals surface area contributed by atoms with Crippen LogP contribution in [0.15, 0.2) is 6.20 Å². The molecule has 0 spiro atoms. The van der Waals surface area contributed by atoms with E-state index in [1.54, 1.807) is 13.1 Å². The SMILES string of the molecule is Cc1cnc(CN)c(C(F)F)c1I. The lowest BCUT2D eigenvalue weighted by Crippen LogP contribution is -2.08. The molecule has 1 aromatic heterocycles. The molecule has 0 radical (unpaired) electrons. The Morgan fingerprint density at radius 3 is 2.69 bits per heavy atom. The molecule has 2 nitrogen and oxygen atoms in total. The topological polar surface area (TPSA) is 38.9 Å². The minimum Gasteiger partial charge on any atom is -0.325 e. The number of alkyl halides is 2. The maximum absolute atomic E-state index is 12.6. The Balaban J connectivity index is 3.32. The molecule has 0 aliphatic rings. The summed E-state index contributed by atoms with van der Waals surface area (Å²) < 4.78 is 25.7. The summed E-state index contributed by atoms with van der Waals surface area (Å²) in [7, 11) is 0. The van der Waals surface area contributed by atoms with Gasteiger partial charge in [0, 0.05) is 16.3 Å². The van der Waals surface area contributed by atoms with Gasteiger partial charge in [0.05, 0.1) is 11.3 Å². The summed E-state index contributed by atoms with van der Waals surface area (Å²) in [5, 5.41) is 0. The number of halogens is 3. The Labute approximate surface area is 88.7 Å². The fourth-order valence-electron chi connectivity index (χ4n) is 1.02. The Kier molecular flexibility index (Phi) is 3.55. The number of aryl methyl sites for hydroxylation is 1. The molecule has 1 rings (SSSR count). The molecule has 0 aliphatic heterocycles. The molecule has 0 fully saturated rings. The summed E-state index contributed by atoms with van der Waals surface area (Å²) in [5.74, 6) is 0. The summed E-state index contributed by atoms with van der Waals surface area (Å²) >= 11 is 1.89. The van der Waals surface area contributed by atoms with E-state index in [1.807, 2.05) is 22.6 Å². The van der Waals surface area contributed by atoms with Gasteiger partial charge in [-0.15, -0.1) is 0 Å². The molecular formula is C8H9F2IN2. The third-order valence-electron chi connectivity index (χ3n) is 1.72. The second-order valence-electron chi connectivity index (χ2n) is 2.62. The Hall–Kier alpha value is -0.300. The third kappa shape index (κ3) is 2.14. The van der Waals surface area contributed by atoms with Gasteiger partial charge in [-0.2, -0.15) is 0 Å². The van der Waals surface area contributed by atoms with Crippen molar-refractivity contribution in [2.45, 2.75) is 19.9 Å². The second kappa shape index (κ2) is 4.28. The van der Waals surface area contributed by atoms with Crippen LogP contribution in [-0.2, 0) is 6.54 Å². The first kappa shape index (κ1) is 10.8. The van der Waals surface area contributed by atoms with Gasteiger partial charge in [0.15, 0.2) is 0 Å². The van der Waals surface area contributed by atoms with E-state index in [1.165, 1.54) is 0 Å². The molecule has 2 N–H and O–H groups in total. The minimum atomic E-state index is -2.50. The molecule has 1 aromatic rings. The van der Waals surface area contributed by atoms with Crippen molar-refractivity contribution >= 4 is 22.6 Å². The van der Waals surface area contributed by atoms with Crippen LogP contribution in [0.3, 0.4) is 0 Å². The van der Waals surface area contributed by atoms with E-state index in [4.69, 9.17) is 5.73 Å². The zero-order valence-electron chi connectivity index (χ0n) is 7.02.